The van der Waals surface area contributed by atoms with Gasteiger partial charge in [-0.1, -0.05) is 39.8 Å². The number of aromatic nitrogens is 1. The summed E-state index contributed by atoms with van der Waals surface area (Å²) in [7, 11) is 1.75. The highest BCUT2D eigenvalue weighted by atomic mass is 16.5. The molecule has 1 aliphatic heterocycles. The molecule has 0 saturated heterocycles. The molecule has 0 N–H and O–H groups in total. The largest absolute Gasteiger partial charge is 0.497 e. The molecule has 1 fully saturated rings. The second-order valence-corrected chi connectivity index (χ2v) is 9.28. The Kier molecular flexibility index (Phi) is 3.96. The van der Waals surface area contributed by atoms with E-state index in [2.05, 4.69) is 62.6 Å². The van der Waals surface area contributed by atoms with Crippen LogP contribution in [-0.4, -0.2) is 18.0 Å². The van der Waals surface area contributed by atoms with Crippen molar-refractivity contribution in [1.82, 2.24) is 4.57 Å². The number of benzene rings is 2. The predicted molar refractivity (Wildman–Crippen MR) is 118 cm³/mol. The van der Waals surface area contributed by atoms with Crippen molar-refractivity contribution in [1.29, 1.82) is 0 Å². The summed E-state index contributed by atoms with van der Waals surface area (Å²) in [5.74, 6) is 2.55. The van der Waals surface area contributed by atoms with Crippen LogP contribution in [0, 0.1) is 11.3 Å². The lowest BCUT2D eigenvalue weighted by molar-refractivity contribution is 0.112. The third-order valence-corrected chi connectivity index (χ3v) is 7.86. The summed E-state index contributed by atoms with van der Waals surface area (Å²) in [5.41, 5.74) is 7.69. The van der Waals surface area contributed by atoms with Crippen molar-refractivity contribution in [3.63, 3.8) is 0 Å². The minimum atomic E-state index is 0.224. The van der Waals surface area contributed by atoms with Crippen molar-refractivity contribution in [3.05, 3.63) is 53.1 Å². The van der Waals surface area contributed by atoms with Crippen molar-refractivity contribution in [2.45, 2.75) is 52.5 Å². The number of aldehydes is 1. The first-order valence-corrected chi connectivity index (χ1v) is 10.7. The molecule has 0 radical (unpaired) electrons. The number of hydrogen-bond donors (Lipinski definition) is 0. The second kappa shape index (κ2) is 6.22. The van der Waals surface area contributed by atoms with Crippen LogP contribution in [0.3, 0.4) is 0 Å². The maximum absolute atomic E-state index is 11.5. The average molecular weight is 388 g/mol. The number of ether oxygens (including phenoxy) is 1. The fourth-order valence-electron chi connectivity index (χ4n) is 5.77. The molecular weight excluding hydrogens is 358 g/mol. The molecule has 150 valence electrons. The fraction of sp³-hybridized carbons (Fsp3) is 0.423. The first kappa shape index (κ1) is 18.5. The lowest BCUT2D eigenvalue weighted by Gasteiger charge is -2.18. The molecule has 3 aromatic rings. The summed E-state index contributed by atoms with van der Waals surface area (Å²) < 4.78 is 8.10. The predicted octanol–water partition coefficient (Wildman–Crippen LogP) is 6.40. The van der Waals surface area contributed by atoms with Crippen LogP contribution in [0.4, 0.5) is 0 Å². The van der Waals surface area contributed by atoms with Crippen LogP contribution < -0.4 is 4.74 Å². The highest BCUT2D eigenvalue weighted by molar-refractivity contribution is 5.96. The van der Waals surface area contributed by atoms with Crippen molar-refractivity contribution < 1.29 is 9.53 Å². The van der Waals surface area contributed by atoms with Gasteiger partial charge in [0.15, 0.2) is 0 Å². The highest BCUT2D eigenvalue weighted by Gasteiger charge is 2.61. The SMILES string of the molecule is CCC(C)c1c2n(c3cc(C=O)ccc13)CC1(C)C(C)C1c1cc(OC)ccc1-2. The number of carbonyl (C=O) groups is 1. The van der Waals surface area contributed by atoms with Gasteiger partial charge in [0.05, 0.1) is 12.8 Å². The van der Waals surface area contributed by atoms with Crippen LogP contribution in [-0.2, 0) is 6.54 Å². The van der Waals surface area contributed by atoms with Crippen LogP contribution in [0.2, 0.25) is 0 Å². The van der Waals surface area contributed by atoms with Gasteiger partial charge in [0.25, 0.3) is 0 Å². The zero-order chi connectivity index (χ0) is 20.5. The molecule has 4 unspecified atom stereocenters. The lowest BCUT2D eigenvalue weighted by Crippen LogP contribution is -2.11. The van der Waals surface area contributed by atoms with Crippen LogP contribution in [0.25, 0.3) is 22.2 Å². The Morgan fingerprint density at radius 2 is 2.07 bits per heavy atom. The number of rotatable bonds is 4. The highest BCUT2D eigenvalue weighted by Crippen LogP contribution is 2.69. The van der Waals surface area contributed by atoms with Gasteiger partial charge in [-0.25, -0.2) is 0 Å². The molecule has 4 atom stereocenters. The lowest BCUT2D eigenvalue weighted by atomic mass is 9.89. The monoisotopic (exact) mass is 387 g/mol. The quantitative estimate of drug-likeness (QED) is 0.485. The minimum absolute atomic E-state index is 0.224. The van der Waals surface area contributed by atoms with E-state index in [9.17, 15) is 4.79 Å². The number of fused-ring (bicyclic) bond motifs is 7. The zero-order valence-electron chi connectivity index (χ0n) is 18.0. The Hall–Kier alpha value is -2.55. The standard InChI is InChI=1S/C26H29NO2/c1-6-15(2)23-20-9-7-17(13-28)11-22(20)27-14-26(4)16(3)24(26)21-12-18(29-5)8-10-19(21)25(23)27/h7-13,15-16,24H,6,14H2,1-5H3. The van der Waals surface area contributed by atoms with E-state index in [-0.39, 0.29) is 5.41 Å². The number of hydrogen-bond acceptors (Lipinski definition) is 2. The van der Waals surface area contributed by atoms with E-state index >= 15 is 0 Å². The summed E-state index contributed by atoms with van der Waals surface area (Å²) >= 11 is 0. The molecule has 3 heteroatoms. The van der Waals surface area contributed by atoms with E-state index in [0.29, 0.717) is 17.8 Å². The summed E-state index contributed by atoms with van der Waals surface area (Å²) in [4.78, 5) is 11.5. The van der Waals surface area contributed by atoms with Gasteiger partial charge in [-0.05, 0) is 65.0 Å². The maximum atomic E-state index is 11.5. The molecule has 0 spiro atoms. The van der Waals surface area contributed by atoms with E-state index in [1.807, 2.05) is 6.07 Å². The molecule has 2 heterocycles. The number of methoxy groups -OCH3 is 1. The Morgan fingerprint density at radius 3 is 2.76 bits per heavy atom. The topological polar surface area (TPSA) is 31.2 Å². The average Bonchev–Trinajstić information content (AvgIpc) is 3.17. The Balaban J connectivity index is 1.90. The van der Waals surface area contributed by atoms with Gasteiger partial charge in [-0.3, -0.25) is 4.79 Å². The van der Waals surface area contributed by atoms with Gasteiger partial charge < -0.3 is 9.30 Å². The smallest absolute Gasteiger partial charge is 0.150 e. The van der Waals surface area contributed by atoms with Crippen molar-refractivity contribution >= 4 is 17.2 Å². The number of nitrogens with zero attached hydrogens (tertiary/aromatic N) is 1. The van der Waals surface area contributed by atoms with Crippen LogP contribution >= 0.6 is 0 Å². The van der Waals surface area contributed by atoms with Crippen LogP contribution in [0.15, 0.2) is 36.4 Å². The van der Waals surface area contributed by atoms with Crippen molar-refractivity contribution in [2.75, 3.05) is 7.11 Å². The van der Waals surface area contributed by atoms with E-state index in [4.69, 9.17) is 4.74 Å². The Bertz CT molecular complexity index is 1140. The van der Waals surface area contributed by atoms with Gasteiger partial charge in [-0.2, -0.15) is 0 Å². The Labute approximate surface area is 172 Å². The van der Waals surface area contributed by atoms with E-state index < -0.39 is 0 Å². The maximum Gasteiger partial charge on any atom is 0.150 e. The van der Waals surface area contributed by atoms with Gasteiger partial charge >= 0.3 is 0 Å². The summed E-state index contributed by atoms with van der Waals surface area (Å²) in [6.07, 6.45) is 2.05. The first-order chi connectivity index (χ1) is 13.9. The van der Waals surface area contributed by atoms with Crippen LogP contribution in [0.1, 0.15) is 67.4 Å². The third kappa shape index (κ3) is 2.39. The third-order valence-electron chi connectivity index (χ3n) is 7.86. The van der Waals surface area contributed by atoms with Crippen molar-refractivity contribution in [3.8, 4) is 17.0 Å². The van der Waals surface area contributed by atoms with Gasteiger partial charge in [0.1, 0.15) is 12.0 Å². The molecule has 29 heavy (non-hydrogen) atoms. The summed E-state index contributed by atoms with van der Waals surface area (Å²) in [5, 5.41) is 1.29. The number of carbonyl (C=O) groups excluding carboxylic acids is 1. The van der Waals surface area contributed by atoms with E-state index in [0.717, 1.165) is 30.6 Å². The summed E-state index contributed by atoms with van der Waals surface area (Å²) in [6, 6.07) is 12.8. The van der Waals surface area contributed by atoms with Gasteiger partial charge in [0, 0.05) is 28.6 Å². The second-order valence-electron chi connectivity index (χ2n) is 9.28. The molecule has 2 aliphatic rings. The molecule has 0 bridgehead atoms. The minimum Gasteiger partial charge on any atom is -0.497 e. The van der Waals surface area contributed by atoms with E-state index in [1.165, 1.54) is 33.3 Å². The van der Waals surface area contributed by atoms with Gasteiger partial charge in [0.2, 0.25) is 0 Å². The molecule has 0 amide bonds. The van der Waals surface area contributed by atoms with Crippen molar-refractivity contribution in [2.24, 2.45) is 11.3 Å². The normalized spacial score (nSPS) is 25.6. The molecule has 5 rings (SSSR count). The van der Waals surface area contributed by atoms with Gasteiger partial charge in [-0.15, -0.1) is 0 Å². The first-order valence-electron chi connectivity index (χ1n) is 10.7. The molecule has 1 aliphatic carbocycles. The molecule has 1 saturated carbocycles. The molecule has 3 nitrogen and oxygen atoms in total. The molecule has 2 aromatic carbocycles. The molecule has 1 aromatic heterocycles. The van der Waals surface area contributed by atoms with E-state index in [1.54, 1.807) is 7.11 Å². The zero-order valence-corrected chi connectivity index (χ0v) is 18.0. The fourth-order valence-corrected chi connectivity index (χ4v) is 5.77. The summed E-state index contributed by atoms with van der Waals surface area (Å²) in [6.45, 7) is 10.4. The Morgan fingerprint density at radius 1 is 1.28 bits per heavy atom. The molecular formula is C26H29NO2. The van der Waals surface area contributed by atoms with Crippen LogP contribution in [0.5, 0.6) is 5.75 Å².